The number of benzene rings is 4. The Hall–Kier alpha value is -3.25. The Morgan fingerprint density at radius 1 is 0.886 bits per heavy atom. The maximum Gasteiger partial charge on any atom is 0.217 e. The van der Waals surface area contributed by atoms with Crippen molar-refractivity contribution in [3.63, 3.8) is 0 Å². The monoisotopic (exact) mass is 648 g/mol. The molecule has 0 spiro atoms. The van der Waals surface area contributed by atoms with E-state index in [4.69, 9.17) is 9.72 Å². The number of aliphatic hydroxyl groups is 1. The number of methoxy groups -OCH3 is 1. The average Bonchev–Trinajstić information content (AvgIpc) is 3.68. The van der Waals surface area contributed by atoms with Gasteiger partial charge in [0.15, 0.2) is 0 Å². The van der Waals surface area contributed by atoms with Crippen LogP contribution in [0.25, 0.3) is 21.7 Å². The van der Waals surface area contributed by atoms with E-state index in [9.17, 15) is 5.11 Å². The molecule has 5 aromatic rings. The third-order valence-electron chi connectivity index (χ3n) is 10.3. The Labute approximate surface area is 269 Å². The van der Waals surface area contributed by atoms with Crippen molar-refractivity contribution in [3.8, 4) is 5.88 Å². The van der Waals surface area contributed by atoms with Crippen LogP contribution in [0.4, 0.5) is 0 Å². The van der Waals surface area contributed by atoms with Gasteiger partial charge in [0.2, 0.25) is 5.88 Å². The van der Waals surface area contributed by atoms with Crippen molar-refractivity contribution in [1.29, 1.82) is 0 Å². The van der Waals surface area contributed by atoms with E-state index in [0.29, 0.717) is 18.3 Å². The van der Waals surface area contributed by atoms with E-state index in [1.165, 1.54) is 31.1 Å². The summed E-state index contributed by atoms with van der Waals surface area (Å²) in [6.07, 6.45) is 8.10. The van der Waals surface area contributed by atoms with Crippen molar-refractivity contribution in [1.82, 2.24) is 10.3 Å². The first kappa shape index (κ1) is 29.5. The number of nitrogens with one attached hydrogen (secondary N) is 1. The minimum Gasteiger partial charge on any atom is -0.481 e. The molecule has 1 aromatic heterocycles. The second kappa shape index (κ2) is 12.6. The summed E-state index contributed by atoms with van der Waals surface area (Å²) in [5.41, 5.74) is 2.51. The number of nitrogens with zero attached hydrogens (tertiary/aromatic N) is 1. The molecule has 0 radical (unpaired) electrons. The molecule has 44 heavy (non-hydrogen) atoms. The van der Waals surface area contributed by atoms with Gasteiger partial charge in [0.1, 0.15) is 5.60 Å². The van der Waals surface area contributed by atoms with Crippen LogP contribution in [-0.2, 0) is 5.60 Å². The van der Waals surface area contributed by atoms with Crippen LogP contribution >= 0.6 is 15.9 Å². The van der Waals surface area contributed by atoms with E-state index in [-0.39, 0.29) is 0 Å². The summed E-state index contributed by atoms with van der Waals surface area (Å²) in [5, 5.41) is 20.4. The van der Waals surface area contributed by atoms with E-state index in [2.05, 4.69) is 100 Å². The van der Waals surface area contributed by atoms with Crippen LogP contribution in [-0.4, -0.2) is 29.8 Å². The summed E-state index contributed by atoms with van der Waals surface area (Å²) in [4.78, 5) is 4.95. The Morgan fingerprint density at radius 2 is 1.70 bits per heavy atom. The molecular formula is C39H41BrN2O2. The van der Waals surface area contributed by atoms with E-state index in [0.717, 1.165) is 68.7 Å². The fraction of sp³-hybridized carbons (Fsp3) is 0.359. The summed E-state index contributed by atoms with van der Waals surface area (Å²) < 4.78 is 6.96. The summed E-state index contributed by atoms with van der Waals surface area (Å²) in [5.74, 6) is 1.96. The molecule has 2 fully saturated rings. The van der Waals surface area contributed by atoms with Gasteiger partial charge in [-0.1, -0.05) is 89.1 Å². The lowest BCUT2D eigenvalue weighted by Crippen LogP contribution is -2.36. The van der Waals surface area contributed by atoms with Gasteiger partial charge in [0.25, 0.3) is 0 Å². The molecule has 0 saturated heterocycles. The van der Waals surface area contributed by atoms with Crippen molar-refractivity contribution in [3.05, 3.63) is 118 Å². The Kier molecular flexibility index (Phi) is 8.46. The summed E-state index contributed by atoms with van der Waals surface area (Å²) in [7, 11) is 1.68. The third-order valence-corrected chi connectivity index (χ3v) is 10.8. The minimum atomic E-state index is -1.20. The number of ether oxygens (including phenoxy) is 1. The highest BCUT2D eigenvalue weighted by molar-refractivity contribution is 9.10. The molecule has 5 unspecified atom stereocenters. The molecule has 5 heteroatoms. The Bertz CT molecular complexity index is 1760. The lowest BCUT2D eigenvalue weighted by Gasteiger charge is -2.38. The second-order valence-electron chi connectivity index (χ2n) is 12.9. The molecule has 2 saturated carbocycles. The van der Waals surface area contributed by atoms with Crippen molar-refractivity contribution < 1.29 is 9.84 Å². The van der Waals surface area contributed by atoms with Crippen molar-refractivity contribution in [2.45, 2.75) is 62.5 Å². The molecule has 2 bridgehead atoms. The first-order chi connectivity index (χ1) is 21.5. The highest BCUT2D eigenvalue weighted by Crippen LogP contribution is 2.49. The quantitative estimate of drug-likeness (QED) is 0.140. The van der Waals surface area contributed by atoms with Crippen LogP contribution in [0, 0.1) is 11.8 Å². The van der Waals surface area contributed by atoms with Crippen LogP contribution in [0.2, 0.25) is 0 Å². The molecule has 2 N–H and O–H groups in total. The van der Waals surface area contributed by atoms with Gasteiger partial charge in [-0.15, -0.1) is 0 Å². The van der Waals surface area contributed by atoms with Gasteiger partial charge in [-0.05, 0) is 109 Å². The van der Waals surface area contributed by atoms with Gasteiger partial charge < -0.3 is 15.2 Å². The molecule has 0 aliphatic heterocycles. The van der Waals surface area contributed by atoms with E-state index in [1.54, 1.807) is 7.11 Å². The molecule has 7 rings (SSSR count). The predicted octanol–water partition coefficient (Wildman–Crippen LogP) is 9.13. The van der Waals surface area contributed by atoms with Crippen molar-refractivity contribution >= 4 is 37.6 Å². The second-order valence-corrected chi connectivity index (χ2v) is 13.9. The maximum absolute atomic E-state index is 13.2. The number of unbranched alkanes of at least 4 members (excludes halogenated alkanes) is 1. The van der Waals surface area contributed by atoms with Crippen LogP contribution in [0.1, 0.15) is 67.6 Å². The molecular weight excluding hydrogens is 608 g/mol. The summed E-state index contributed by atoms with van der Waals surface area (Å²) in [6.45, 7) is 0.993. The summed E-state index contributed by atoms with van der Waals surface area (Å²) in [6, 6.07) is 34.1. The standard InChI is InChI=1S/C39H41BrN2O2/c1-44-38-34(25-31-24-33(40)17-18-35(31)42-38)37(28-10-3-2-4-11-28)39(43,32-16-15-27-9-5-6-12-29(27)23-32)19-7-8-20-41-36-22-26-13-14-30(36)21-26/h2-6,9-12,15-18,23-26,30,36-37,41,43H,7-8,13-14,19-22H2,1H3. The van der Waals surface area contributed by atoms with Gasteiger partial charge in [-0.3, -0.25) is 0 Å². The first-order valence-electron chi connectivity index (χ1n) is 16.2. The van der Waals surface area contributed by atoms with Gasteiger partial charge in [-0.25, -0.2) is 4.98 Å². The molecule has 4 nitrogen and oxygen atoms in total. The zero-order chi connectivity index (χ0) is 30.1. The lowest BCUT2D eigenvalue weighted by molar-refractivity contribution is 0.00724. The van der Waals surface area contributed by atoms with E-state index in [1.807, 2.05) is 18.2 Å². The average molecular weight is 650 g/mol. The number of halogens is 1. The highest BCUT2D eigenvalue weighted by Gasteiger charge is 2.42. The van der Waals surface area contributed by atoms with E-state index < -0.39 is 11.5 Å². The number of hydrogen-bond acceptors (Lipinski definition) is 4. The normalized spacial score (nSPS) is 21.5. The van der Waals surface area contributed by atoms with Gasteiger partial charge in [0.05, 0.1) is 12.6 Å². The first-order valence-corrected chi connectivity index (χ1v) is 17.0. The Morgan fingerprint density at radius 3 is 2.48 bits per heavy atom. The van der Waals surface area contributed by atoms with Crippen molar-refractivity contribution in [2.75, 3.05) is 13.7 Å². The van der Waals surface area contributed by atoms with E-state index >= 15 is 0 Å². The molecule has 2 aliphatic rings. The number of aromatic nitrogens is 1. The number of rotatable bonds is 11. The topological polar surface area (TPSA) is 54.4 Å². The van der Waals surface area contributed by atoms with Crippen LogP contribution < -0.4 is 10.1 Å². The SMILES string of the molecule is COc1nc2ccc(Br)cc2cc1C(c1ccccc1)C(O)(CCCCNC1CC2CCC1C2)c1ccc2ccccc2c1. The third kappa shape index (κ3) is 5.78. The van der Waals surface area contributed by atoms with Gasteiger partial charge in [-0.2, -0.15) is 0 Å². The molecule has 2 aliphatic carbocycles. The Balaban J connectivity index is 1.29. The maximum atomic E-state index is 13.2. The number of pyridine rings is 1. The summed E-state index contributed by atoms with van der Waals surface area (Å²) >= 11 is 3.64. The fourth-order valence-corrected chi connectivity index (χ4v) is 8.47. The van der Waals surface area contributed by atoms with Gasteiger partial charge in [0, 0.05) is 27.4 Å². The minimum absolute atomic E-state index is 0.394. The molecule has 226 valence electrons. The predicted molar refractivity (Wildman–Crippen MR) is 183 cm³/mol. The van der Waals surface area contributed by atoms with Crippen LogP contribution in [0.15, 0.2) is 102 Å². The zero-order valence-corrected chi connectivity index (χ0v) is 27.0. The number of hydrogen-bond donors (Lipinski definition) is 2. The molecule has 0 amide bonds. The van der Waals surface area contributed by atoms with Crippen LogP contribution in [0.5, 0.6) is 5.88 Å². The smallest absolute Gasteiger partial charge is 0.217 e. The largest absolute Gasteiger partial charge is 0.481 e. The highest BCUT2D eigenvalue weighted by atomic mass is 79.9. The fourth-order valence-electron chi connectivity index (χ4n) is 8.09. The zero-order valence-electron chi connectivity index (χ0n) is 25.4. The molecule has 4 aromatic carbocycles. The van der Waals surface area contributed by atoms with Crippen LogP contribution in [0.3, 0.4) is 0 Å². The van der Waals surface area contributed by atoms with Crippen molar-refractivity contribution in [2.24, 2.45) is 11.8 Å². The van der Waals surface area contributed by atoms with Gasteiger partial charge >= 0.3 is 0 Å². The molecule has 5 atom stereocenters. The molecule has 1 heterocycles. The number of fused-ring (bicyclic) bond motifs is 4. The lowest BCUT2D eigenvalue weighted by atomic mass is 9.71.